The fourth-order valence-electron chi connectivity index (χ4n) is 6.01. The van der Waals surface area contributed by atoms with Gasteiger partial charge in [0, 0.05) is 6.08 Å². The van der Waals surface area contributed by atoms with E-state index >= 15 is 0 Å². The van der Waals surface area contributed by atoms with Crippen LogP contribution >= 0.6 is 0 Å². The number of ether oxygens (including phenoxy) is 8. The number of methoxy groups -OCH3 is 2. The maximum atomic E-state index is 13.0. The number of phenolic OH excluding ortho intramolecular Hbond substituents is 1. The highest BCUT2D eigenvalue weighted by molar-refractivity contribution is 5.87. The Morgan fingerprint density at radius 3 is 2.03 bits per heavy atom. The van der Waals surface area contributed by atoms with Gasteiger partial charge in [0.25, 0.3) is 0 Å². The smallest absolute Gasteiger partial charge is 0.331 e. The van der Waals surface area contributed by atoms with E-state index in [2.05, 4.69) is 0 Å². The summed E-state index contributed by atoms with van der Waals surface area (Å²) in [6.07, 6.45) is -12.9. The lowest BCUT2D eigenvalue weighted by molar-refractivity contribution is -0.326. The zero-order valence-electron chi connectivity index (χ0n) is 31.6. The van der Waals surface area contributed by atoms with Crippen molar-refractivity contribution < 1.29 is 98.2 Å². The molecule has 11 atom stereocenters. The van der Waals surface area contributed by atoms with Crippen molar-refractivity contribution in [1.82, 2.24) is 0 Å². The molecular weight excluding hydrogens is 776 g/mol. The van der Waals surface area contributed by atoms with E-state index in [-0.39, 0.29) is 18.1 Å². The molecule has 0 saturated carbocycles. The van der Waals surface area contributed by atoms with Crippen LogP contribution in [-0.4, -0.2) is 165 Å². The second-order valence-electron chi connectivity index (χ2n) is 13.5. The second-order valence-corrected chi connectivity index (χ2v) is 13.5. The number of phenols is 1. The lowest BCUT2D eigenvalue weighted by Gasteiger charge is -2.44. The fraction of sp³-hybridized carbons (Fsp3) is 0.500. The third-order valence-corrected chi connectivity index (χ3v) is 9.06. The van der Waals surface area contributed by atoms with Crippen molar-refractivity contribution in [3.05, 3.63) is 59.7 Å². The summed E-state index contributed by atoms with van der Waals surface area (Å²) < 4.78 is 43.3. The standard InChI is InChI=1S/C38H48O20/c1-38(15-26(42)43,58-37-35(32(49)30(47)25(18-40)55-37)56-27(44)11-8-19-6-9-21(51-2)10-7-19)16-28(45)53-12-4-5-20-13-22(41)34(23(14-20)52-3)57-36-33(50)31(48)29(46)24(17-39)54-36/h4-11,13-14,24-25,29-33,35-37,39-41,46-50H,12,15-18H2,1-3H3,(H,42,43). The molecule has 2 aliphatic rings. The first-order valence-corrected chi connectivity index (χ1v) is 17.8. The van der Waals surface area contributed by atoms with Gasteiger partial charge >= 0.3 is 17.9 Å². The van der Waals surface area contributed by atoms with Gasteiger partial charge in [-0.25, -0.2) is 4.79 Å². The van der Waals surface area contributed by atoms with Gasteiger partial charge in [-0.2, -0.15) is 0 Å². The molecule has 0 aliphatic carbocycles. The maximum absolute atomic E-state index is 13.0. The molecular formula is C38H48O20. The number of rotatable bonds is 18. The lowest BCUT2D eigenvalue weighted by Crippen LogP contribution is -2.62. The van der Waals surface area contributed by atoms with Gasteiger partial charge in [-0.15, -0.1) is 0 Å². The van der Waals surface area contributed by atoms with E-state index < -0.39 is 117 Å². The number of aliphatic hydroxyl groups excluding tert-OH is 7. The Labute approximate surface area is 331 Å². The van der Waals surface area contributed by atoms with Crippen molar-refractivity contribution in [1.29, 1.82) is 0 Å². The minimum Gasteiger partial charge on any atom is -0.504 e. The molecule has 2 aromatic carbocycles. The minimum atomic E-state index is -1.92. The molecule has 0 amide bonds. The number of hydrogen-bond donors (Lipinski definition) is 9. The van der Waals surface area contributed by atoms with Gasteiger partial charge in [0.15, 0.2) is 23.9 Å². The third-order valence-electron chi connectivity index (χ3n) is 9.06. The summed E-state index contributed by atoms with van der Waals surface area (Å²) in [6.45, 7) is -0.644. The van der Waals surface area contributed by atoms with E-state index in [1.54, 1.807) is 24.3 Å². The summed E-state index contributed by atoms with van der Waals surface area (Å²) in [4.78, 5) is 37.7. The van der Waals surface area contributed by atoms with Crippen molar-refractivity contribution in [2.75, 3.05) is 34.0 Å². The Morgan fingerprint density at radius 1 is 0.793 bits per heavy atom. The van der Waals surface area contributed by atoms with Crippen LogP contribution in [0.2, 0.25) is 0 Å². The third kappa shape index (κ3) is 11.9. The highest BCUT2D eigenvalue weighted by Crippen LogP contribution is 2.40. The SMILES string of the molecule is COc1ccc(C=CC(=O)OC2C(OC(C)(CC(=O)O)CC(=O)OCC=Cc3cc(O)c(OC4OC(CO)C(O)C(O)C4O)c(OC)c3)OC(CO)C(O)C2O)cc1. The van der Waals surface area contributed by atoms with Crippen molar-refractivity contribution in [2.45, 2.75) is 86.8 Å². The number of esters is 2. The van der Waals surface area contributed by atoms with E-state index in [1.165, 1.54) is 51.5 Å². The van der Waals surface area contributed by atoms with E-state index in [0.29, 0.717) is 16.9 Å². The zero-order chi connectivity index (χ0) is 42.7. The number of aliphatic carboxylic acids is 1. The average molecular weight is 825 g/mol. The highest BCUT2D eigenvalue weighted by atomic mass is 16.7. The quantitative estimate of drug-likeness (QED) is 0.0633. The van der Waals surface area contributed by atoms with Crippen molar-refractivity contribution in [2.24, 2.45) is 0 Å². The minimum absolute atomic E-state index is 0.0570. The first kappa shape index (κ1) is 45.8. The molecule has 0 spiro atoms. The van der Waals surface area contributed by atoms with E-state index in [1.807, 2.05) is 0 Å². The van der Waals surface area contributed by atoms with Gasteiger partial charge in [0.2, 0.25) is 12.0 Å². The Hall–Kier alpha value is -4.87. The summed E-state index contributed by atoms with van der Waals surface area (Å²) in [6, 6.07) is 9.22. The summed E-state index contributed by atoms with van der Waals surface area (Å²) >= 11 is 0. The van der Waals surface area contributed by atoms with Gasteiger partial charge < -0.3 is 83.9 Å². The topological polar surface area (TPSA) is 307 Å². The van der Waals surface area contributed by atoms with Crippen molar-refractivity contribution >= 4 is 30.1 Å². The molecule has 2 saturated heterocycles. The number of carboxylic acids is 1. The number of carboxylic acid groups (broad SMARTS) is 1. The van der Waals surface area contributed by atoms with Crippen LogP contribution in [0, 0.1) is 0 Å². The molecule has 11 unspecified atom stereocenters. The number of aromatic hydroxyl groups is 1. The molecule has 58 heavy (non-hydrogen) atoms. The molecule has 2 heterocycles. The Balaban J connectivity index is 1.42. The van der Waals surface area contributed by atoms with E-state index in [0.717, 1.165) is 6.08 Å². The molecule has 20 heteroatoms. The molecule has 20 nitrogen and oxygen atoms in total. The predicted molar refractivity (Wildman–Crippen MR) is 195 cm³/mol. The number of hydrogen-bond acceptors (Lipinski definition) is 19. The van der Waals surface area contributed by atoms with Crippen LogP contribution < -0.4 is 14.2 Å². The number of aliphatic hydroxyl groups is 7. The highest BCUT2D eigenvalue weighted by Gasteiger charge is 2.50. The molecule has 320 valence electrons. The second kappa shape index (κ2) is 20.7. The first-order valence-electron chi connectivity index (χ1n) is 17.8. The van der Waals surface area contributed by atoms with E-state index in [9.17, 15) is 60.3 Å². The van der Waals surface area contributed by atoms with Crippen LogP contribution in [0.5, 0.6) is 23.0 Å². The van der Waals surface area contributed by atoms with E-state index in [4.69, 9.17) is 37.9 Å². The van der Waals surface area contributed by atoms with Crippen LogP contribution in [0.15, 0.2) is 48.6 Å². The van der Waals surface area contributed by atoms with Crippen LogP contribution in [0.25, 0.3) is 12.2 Å². The predicted octanol–water partition coefficient (Wildman–Crippen LogP) is -1.15. The first-order chi connectivity index (χ1) is 27.5. The fourth-order valence-corrected chi connectivity index (χ4v) is 6.01. The number of carbonyl (C=O) groups excluding carboxylic acids is 2. The van der Waals surface area contributed by atoms with Gasteiger partial charge in [0.1, 0.15) is 55.1 Å². The Kier molecular flexibility index (Phi) is 16.4. The molecule has 0 radical (unpaired) electrons. The molecule has 2 aromatic rings. The van der Waals surface area contributed by atoms with Crippen molar-refractivity contribution in [3.8, 4) is 23.0 Å². The maximum Gasteiger partial charge on any atom is 0.331 e. The molecule has 2 fully saturated rings. The van der Waals surface area contributed by atoms with Crippen LogP contribution in [0.4, 0.5) is 0 Å². The van der Waals surface area contributed by atoms with Gasteiger partial charge in [-0.05, 0) is 54.5 Å². The Morgan fingerprint density at radius 2 is 1.43 bits per heavy atom. The normalized spacial score (nSPS) is 28.4. The van der Waals surface area contributed by atoms with Gasteiger partial charge in [0.05, 0.1) is 45.9 Å². The lowest BCUT2D eigenvalue weighted by atomic mass is 9.95. The summed E-state index contributed by atoms with van der Waals surface area (Å²) in [7, 11) is 2.74. The Bertz CT molecular complexity index is 1750. The summed E-state index contributed by atoms with van der Waals surface area (Å²) in [5.74, 6) is -3.65. The molecule has 9 N–H and O–H groups in total. The van der Waals surface area contributed by atoms with Gasteiger partial charge in [-0.3, -0.25) is 9.59 Å². The molecule has 2 aliphatic heterocycles. The molecule has 0 bridgehead atoms. The van der Waals surface area contributed by atoms with Crippen LogP contribution in [0.3, 0.4) is 0 Å². The zero-order valence-corrected chi connectivity index (χ0v) is 31.6. The van der Waals surface area contributed by atoms with Crippen molar-refractivity contribution in [3.63, 3.8) is 0 Å². The number of carbonyl (C=O) groups is 3. The molecule has 0 aromatic heterocycles. The largest absolute Gasteiger partial charge is 0.504 e. The van der Waals surface area contributed by atoms with Crippen LogP contribution in [-0.2, 0) is 38.1 Å². The van der Waals surface area contributed by atoms with Crippen LogP contribution in [0.1, 0.15) is 30.9 Å². The average Bonchev–Trinajstić information content (AvgIpc) is 3.18. The summed E-state index contributed by atoms with van der Waals surface area (Å²) in [5.41, 5.74) is -1.03. The van der Waals surface area contributed by atoms with Gasteiger partial charge in [-0.1, -0.05) is 18.2 Å². The molecule has 4 rings (SSSR count). The number of benzene rings is 2. The summed E-state index contributed by atoms with van der Waals surface area (Å²) in [5, 5.41) is 91.3. The monoisotopic (exact) mass is 824 g/mol.